The largest absolute Gasteiger partial charge is 0.504 e. The second-order valence-electron chi connectivity index (χ2n) is 5.13. The Hall–Kier alpha value is -2.63. The third-order valence-electron chi connectivity index (χ3n) is 3.32. The highest BCUT2D eigenvalue weighted by molar-refractivity contribution is 5.77. The van der Waals surface area contributed by atoms with Crippen molar-refractivity contribution in [2.75, 3.05) is 13.2 Å². The minimum absolute atomic E-state index is 0.0537. The summed E-state index contributed by atoms with van der Waals surface area (Å²) in [6, 6.07) is 9.66. The van der Waals surface area contributed by atoms with Crippen LogP contribution in [0.2, 0.25) is 0 Å². The molecule has 2 N–H and O–H groups in total. The quantitative estimate of drug-likeness (QED) is 0.860. The Labute approximate surface area is 132 Å². The SMILES string of the molecule is C[C@H](CNC(=O)COc1ccccc1O)c1ccc(F)cc1F. The van der Waals surface area contributed by atoms with E-state index in [-0.39, 0.29) is 30.6 Å². The van der Waals surface area contributed by atoms with E-state index in [0.717, 1.165) is 6.07 Å². The molecule has 6 heteroatoms. The van der Waals surface area contributed by atoms with Crippen molar-refractivity contribution < 1.29 is 23.4 Å². The summed E-state index contributed by atoms with van der Waals surface area (Å²) in [5.74, 6) is -1.84. The zero-order chi connectivity index (χ0) is 16.8. The zero-order valence-corrected chi connectivity index (χ0v) is 12.6. The first-order valence-electron chi connectivity index (χ1n) is 7.10. The Kier molecular flexibility index (Phi) is 5.51. The summed E-state index contributed by atoms with van der Waals surface area (Å²) in [7, 11) is 0. The Morgan fingerprint density at radius 3 is 2.70 bits per heavy atom. The number of amides is 1. The molecule has 2 aromatic carbocycles. The second kappa shape index (κ2) is 7.58. The monoisotopic (exact) mass is 321 g/mol. The molecule has 0 bridgehead atoms. The summed E-state index contributed by atoms with van der Waals surface area (Å²) in [5.41, 5.74) is 0.327. The van der Waals surface area contributed by atoms with Gasteiger partial charge in [0.15, 0.2) is 18.1 Å². The lowest BCUT2D eigenvalue weighted by molar-refractivity contribution is -0.123. The molecule has 0 saturated carbocycles. The maximum absolute atomic E-state index is 13.6. The molecule has 1 amide bonds. The van der Waals surface area contributed by atoms with Gasteiger partial charge < -0.3 is 15.2 Å². The lowest BCUT2D eigenvalue weighted by Gasteiger charge is -2.14. The summed E-state index contributed by atoms with van der Waals surface area (Å²) in [6.07, 6.45) is 0. The van der Waals surface area contributed by atoms with Gasteiger partial charge in [0.2, 0.25) is 0 Å². The molecule has 0 spiro atoms. The number of rotatable bonds is 6. The number of hydrogen-bond donors (Lipinski definition) is 2. The van der Waals surface area contributed by atoms with Crippen LogP contribution in [-0.4, -0.2) is 24.2 Å². The number of phenols is 1. The molecule has 0 aliphatic carbocycles. The van der Waals surface area contributed by atoms with Crippen molar-refractivity contribution >= 4 is 5.91 Å². The topological polar surface area (TPSA) is 58.6 Å². The van der Waals surface area contributed by atoms with Crippen LogP contribution in [0.15, 0.2) is 42.5 Å². The van der Waals surface area contributed by atoms with Crippen LogP contribution >= 0.6 is 0 Å². The average molecular weight is 321 g/mol. The van der Waals surface area contributed by atoms with Crippen LogP contribution in [0.25, 0.3) is 0 Å². The third kappa shape index (κ3) is 4.67. The highest BCUT2D eigenvalue weighted by Gasteiger charge is 2.13. The number of carbonyl (C=O) groups is 1. The molecule has 4 nitrogen and oxygen atoms in total. The first-order valence-corrected chi connectivity index (χ1v) is 7.10. The van der Waals surface area contributed by atoms with E-state index in [1.165, 1.54) is 18.2 Å². The van der Waals surface area contributed by atoms with Crippen molar-refractivity contribution in [1.82, 2.24) is 5.32 Å². The van der Waals surface area contributed by atoms with Crippen LogP contribution in [0.4, 0.5) is 8.78 Å². The molecule has 0 fully saturated rings. The van der Waals surface area contributed by atoms with Crippen LogP contribution in [0.5, 0.6) is 11.5 Å². The van der Waals surface area contributed by atoms with E-state index in [1.807, 2.05) is 0 Å². The van der Waals surface area contributed by atoms with Crippen LogP contribution in [0.3, 0.4) is 0 Å². The van der Waals surface area contributed by atoms with Gasteiger partial charge in [-0.25, -0.2) is 8.78 Å². The molecule has 1 atom stereocenters. The number of phenolic OH excluding ortho intramolecular Hbond substituents is 1. The fraction of sp³-hybridized carbons (Fsp3) is 0.235. The molecule has 0 unspecified atom stereocenters. The van der Waals surface area contributed by atoms with Crippen molar-refractivity contribution in [2.24, 2.45) is 0 Å². The maximum Gasteiger partial charge on any atom is 0.257 e. The molecule has 122 valence electrons. The minimum Gasteiger partial charge on any atom is -0.504 e. The Morgan fingerprint density at radius 2 is 2.00 bits per heavy atom. The van der Waals surface area contributed by atoms with Gasteiger partial charge in [0.25, 0.3) is 5.91 Å². The second-order valence-corrected chi connectivity index (χ2v) is 5.13. The van der Waals surface area contributed by atoms with E-state index < -0.39 is 17.5 Å². The first kappa shape index (κ1) is 16.7. The van der Waals surface area contributed by atoms with Crippen LogP contribution < -0.4 is 10.1 Å². The Balaban J connectivity index is 1.83. The van der Waals surface area contributed by atoms with Crippen molar-refractivity contribution in [3.8, 4) is 11.5 Å². The fourth-order valence-electron chi connectivity index (χ4n) is 2.05. The van der Waals surface area contributed by atoms with E-state index >= 15 is 0 Å². The van der Waals surface area contributed by atoms with E-state index in [9.17, 15) is 18.7 Å². The number of aromatic hydroxyl groups is 1. The van der Waals surface area contributed by atoms with Gasteiger partial charge in [0.05, 0.1) is 0 Å². The van der Waals surface area contributed by atoms with Crippen LogP contribution in [0, 0.1) is 11.6 Å². The van der Waals surface area contributed by atoms with E-state index in [0.29, 0.717) is 5.56 Å². The molecular formula is C17H17F2NO3. The van der Waals surface area contributed by atoms with Gasteiger partial charge >= 0.3 is 0 Å². The molecule has 2 rings (SSSR count). The van der Waals surface area contributed by atoms with Gasteiger partial charge in [-0.15, -0.1) is 0 Å². The number of halogens is 2. The zero-order valence-electron chi connectivity index (χ0n) is 12.6. The van der Waals surface area contributed by atoms with Gasteiger partial charge in [0.1, 0.15) is 11.6 Å². The lowest BCUT2D eigenvalue weighted by atomic mass is 10.0. The van der Waals surface area contributed by atoms with Crippen molar-refractivity contribution in [2.45, 2.75) is 12.8 Å². The van der Waals surface area contributed by atoms with Gasteiger partial charge in [-0.2, -0.15) is 0 Å². The van der Waals surface area contributed by atoms with E-state index in [1.54, 1.807) is 25.1 Å². The highest BCUT2D eigenvalue weighted by Crippen LogP contribution is 2.24. The number of hydrogen-bond acceptors (Lipinski definition) is 3. The van der Waals surface area contributed by atoms with Gasteiger partial charge in [-0.3, -0.25) is 4.79 Å². The predicted molar refractivity (Wildman–Crippen MR) is 81.4 cm³/mol. The standard InChI is InChI=1S/C17H17F2NO3/c1-11(13-7-6-12(18)8-14(13)19)9-20-17(22)10-23-16-5-3-2-4-15(16)21/h2-8,11,21H,9-10H2,1H3,(H,20,22)/t11-/m1/s1. The van der Waals surface area contributed by atoms with Gasteiger partial charge in [-0.05, 0) is 23.8 Å². The lowest BCUT2D eigenvalue weighted by Crippen LogP contribution is -2.32. The van der Waals surface area contributed by atoms with Crippen molar-refractivity contribution in [3.05, 3.63) is 59.7 Å². The van der Waals surface area contributed by atoms with Crippen molar-refractivity contribution in [1.29, 1.82) is 0 Å². The van der Waals surface area contributed by atoms with Crippen LogP contribution in [-0.2, 0) is 4.79 Å². The molecule has 2 aromatic rings. The van der Waals surface area contributed by atoms with Crippen molar-refractivity contribution in [3.63, 3.8) is 0 Å². The van der Waals surface area contributed by atoms with E-state index in [4.69, 9.17) is 4.74 Å². The first-order chi connectivity index (χ1) is 11.0. The fourth-order valence-corrected chi connectivity index (χ4v) is 2.05. The minimum atomic E-state index is -0.641. The average Bonchev–Trinajstić information content (AvgIpc) is 2.52. The highest BCUT2D eigenvalue weighted by atomic mass is 19.1. The number of para-hydroxylation sites is 2. The summed E-state index contributed by atoms with van der Waals surface area (Å²) in [4.78, 5) is 11.7. The molecule has 0 saturated heterocycles. The van der Waals surface area contributed by atoms with E-state index in [2.05, 4.69) is 5.32 Å². The smallest absolute Gasteiger partial charge is 0.257 e. The normalized spacial score (nSPS) is 11.8. The molecule has 23 heavy (non-hydrogen) atoms. The molecular weight excluding hydrogens is 304 g/mol. The summed E-state index contributed by atoms with van der Waals surface area (Å²) in [6.45, 7) is 1.64. The predicted octanol–water partition coefficient (Wildman–Crippen LogP) is 2.97. The molecule has 0 aliphatic rings. The number of carbonyl (C=O) groups excluding carboxylic acids is 1. The molecule has 0 radical (unpaired) electrons. The number of benzene rings is 2. The summed E-state index contributed by atoms with van der Waals surface area (Å²) < 4.78 is 31.7. The molecule has 0 heterocycles. The molecule has 0 aliphatic heterocycles. The van der Waals surface area contributed by atoms with Crippen LogP contribution in [0.1, 0.15) is 18.4 Å². The Bertz CT molecular complexity index is 691. The molecule has 0 aromatic heterocycles. The maximum atomic E-state index is 13.6. The number of ether oxygens (including phenoxy) is 1. The summed E-state index contributed by atoms with van der Waals surface area (Å²) in [5, 5.41) is 12.1. The third-order valence-corrected chi connectivity index (χ3v) is 3.32. The van der Waals surface area contributed by atoms with Gasteiger partial charge in [0, 0.05) is 18.5 Å². The number of nitrogens with one attached hydrogen (secondary N) is 1. The Morgan fingerprint density at radius 1 is 1.26 bits per heavy atom. The summed E-state index contributed by atoms with van der Waals surface area (Å²) >= 11 is 0. The van der Waals surface area contributed by atoms with Gasteiger partial charge in [-0.1, -0.05) is 25.1 Å².